The number of rotatable bonds is 10. The van der Waals surface area contributed by atoms with Crippen LogP contribution < -0.4 is 15.4 Å². The molecule has 0 saturated carbocycles. The van der Waals surface area contributed by atoms with Gasteiger partial charge in [0.15, 0.2) is 0 Å². The lowest BCUT2D eigenvalue weighted by atomic mass is 10.0. The lowest BCUT2D eigenvalue weighted by Crippen LogP contribution is -2.48. The Balaban J connectivity index is 1.67. The summed E-state index contributed by atoms with van der Waals surface area (Å²) in [5, 5.41) is 17.8. The number of hydrogen-bond donors (Lipinski definition) is 3. The van der Waals surface area contributed by atoms with E-state index < -0.39 is 12.1 Å². The van der Waals surface area contributed by atoms with Gasteiger partial charge in [0.25, 0.3) is 5.91 Å². The zero-order chi connectivity index (χ0) is 22.9. The van der Waals surface area contributed by atoms with Gasteiger partial charge >= 0.3 is 0 Å². The van der Waals surface area contributed by atoms with Crippen molar-refractivity contribution < 1.29 is 14.6 Å². The molecule has 0 spiro atoms. The molecule has 0 aromatic heterocycles. The predicted octanol–water partition coefficient (Wildman–Crippen LogP) is 4.49. The maximum absolute atomic E-state index is 12.8. The molecule has 32 heavy (non-hydrogen) atoms. The highest BCUT2D eigenvalue weighted by Gasteiger charge is 2.22. The van der Waals surface area contributed by atoms with Crippen LogP contribution in [0.4, 0.5) is 0 Å². The minimum atomic E-state index is -0.820. The molecule has 3 rings (SSSR count). The summed E-state index contributed by atoms with van der Waals surface area (Å²) in [5.41, 5.74) is 2.39. The molecule has 0 saturated heterocycles. The minimum Gasteiger partial charge on any atom is -0.497 e. The predicted molar refractivity (Wildman–Crippen MR) is 129 cm³/mol. The standard InChI is InChI=1S/C25H26Cl2N2O3/c1-32-22-9-5-8-18(10-22)15-28-16-24(30)23(11-17-6-3-2-4-7-17)29-25(31)19-12-20(26)14-21(27)13-19/h2-10,12-14,23-24,28,30H,11,15-16H2,1H3,(H,29,31)/t23-,24-/m0/s1. The Morgan fingerprint density at radius 2 is 1.66 bits per heavy atom. The number of ether oxygens (including phenoxy) is 1. The average molecular weight is 473 g/mol. The third-order valence-corrected chi connectivity index (χ3v) is 5.46. The molecule has 7 heteroatoms. The van der Waals surface area contributed by atoms with Crippen LogP contribution in [0.5, 0.6) is 5.75 Å². The molecule has 3 aromatic carbocycles. The van der Waals surface area contributed by atoms with Crippen molar-refractivity contribution in [2.24, 2.45) is 0 Å². The van der Waals surface area contributed by atoms with E-state index in [9.17, 15) is 9.90 Å². The molecular formula is C25H26Cl2N2O3. The second kappa shape index (κ2) is 11.9. The summed E-state index contributed by atoms with van der Waals surface area (Å²) in [7, 11) is 1.63. The van der Waals surface area contributed by atoms with E-state index in [2.05, 4.69) is 10.6 Å². The molecule has 2 atom stereocenters. The van der Waals surface area contributed by atoms with Crippen molar-refractivity contribution in [1.82, 2.24) is 10.6 Å². The van der Waals surface area contributed by atoms with E-state index in [0.29, 0.717) is 35.1 Å². The molecule has 168 valence electrons. The van der Waals surface area contributed by atoms with Crippen LogP contribution >= 0.6 is 23.2 Å². The summed E-state index contributed by atoms with van der Waals surface area (Å²) < 4.78 is 5.25. The number of halogens is 2. The van der Waals surface area contributed by atoms with Gasteiger partial charge in [0.05, 0.1) is 19.3 Å². The molecule has 0 aliphatic rings. The summed E-state index contributed by atoms with van der Waals surface area (Å²) >= 11 is 12.1. The van der Waals surface area contributed by atoms with Gasteiger partial charge in [0.2, 0.25) is 0 Å². The number of aliphatic hydroxyl groups is 1. The Labute approximate surface area is 198 Å². The second-order valence-corrected chi connectivity index (χ2v) is 8.35. The van der Waals surface area contributed by atoms with Crippen molar-refractivity contribution in [1.29, 1.82) is 0 Å². The number of amides is 1. The topological polar surface area (TPSA) is 70.6 Å². The number of aliphatic hydroxyl groups excluding tert-OH is 1. The molecule has 3 N–H and O–H groups in total. The van der Waals surface area contributed by atoms with E-state index in [0.717, 1.165) is 16.9 Å². The van der Waals surface area contributed by atoms with Crippen molar-refractivity contribution in [3.8, 4) is 5.75 Å². The molecule has 0 radical (unpaired) electrons. The van der Waals surface area contributed by atoms with Gasteiger partial charge in [-0.2, -0.15) is 0 Å². The summed E-state index contributed by atoms with van der Waals surface area (Å²) in [5.74, 6) is 0.432. The highest BCUT2D eigenvalue weighted by atomic mass is 35.5. The van der Waals surface area contributed by atoms with Crippen LogP contribution in [0.1, 0.15) is 21.5 Å². The van der Waals surface area contributed by atoms with E-state index in [1.54, 1.807) is 25.3 Å². The third-order valence-electron chi connectivity index (χ3n) is 5.02. The van der Waals surface area contributed by atoms with Crippen LogP contribution in [0.15, 0.2) is 72.8 Å². The number of benzene rings is 3. The highest BCUT2D eigenvalue weighted by molar-refractivity contribution is 6.35. The third kappa shape index (κ3) is 7.24. The number of methoxy groups -OCH3 is 1. The summed E-state index contributed by atoms with van der Waals surface area (Å²) in [6.07, 6.45) is -0.345. The lowest BCUT2D eigenvalue weighted by molar-refractivity contribution is 0.0830. The fourth-order valence-electron chi connectivity index (χ4n) is 3.38. The average Bonchev–Trinajstić information content (AvgIpc) is 2.78. The Morgan fingerprint density at radius 3 is 2.34 bits per heavy atom. The van der Waals surface area contributed by atoms with Gasteiger partial charge < -0.3 is 20.5 Å². The van der Waals surface area contributed by atoms with Gasteiger partial charge in [-0.15, -0.1) is 0 Å². The number of nitrogens with one attached hydrogen (secondary N) is 2. The first-order chi connectivity index (χ1) is 15.4. The molecule has 1 amide bonds. The smallest absolute Gasteiger partial charge is 0.251 e. The number of hydrogen-bond acceptors (Lipinski definition) is 4. The lowest BCUT2D eigenvalue weighted by Gasteiger charge is -2.25. The Hall–Kier alpha value is -2.57. The maximum atomic E-state index is 12.8. The van der Waals surface area contributed by atoms with Crippen LogP contribution in [0.3, 0.4) is 0 Å². The van der Waals surface area contributed by atoms with Crippen LogP contribution in [-0.2, 0) is 13.0 Å². The SMILES string of the molecule is COc1cccc(CNC[C@H](O)[C@H](Cc2ccccc2)NC(=O)c2cc(Cl)cc(Cl)c2)c1. The molecule has 3 aromatic rings. The van der Waals surface area contributed by atoms with E-state index in [1.807, 2.05) is 54.6 Å². The fraction of sp³-hybridized carbons (Fsp3) is 0.240. The molecule has 0 fully saturated rings. The van der Waals surface area contributed by atoms with Gasteiger partial charge in [0, 0.05) is 28.7 Å². The van der Waals surface area contributed by atoms with Crippen molar-refractivity contribution in [2.45, 2.75) is 25.1 Å². The molecule has 0 unspecified atom stereocenters. The first kappa shape index (κ1) is 24.1. The normalized spacial score (nSPS) is 12.8. The summed E-state index contributed by atoms with van der Waals surface area (Å²) in [6, 6.07) is 21.6. The van der Waals surface area contributed by atoms with E-state index >= 15 is 0 Å². The second-order valence-electron chi connectivity index (χ2n) is 7.48. The molecule has 0 bridgehead atoms. The van der Waals surface area contributed by atoms with Crippen LogP contribution in [-0.4, -0.2) is 36.8 Å². The summed E-state index contributed by atoms with van der Waals surface area (Å²) in [4.78, 5) is 12.8. The summed E-state index contributed by atoms with van der Waals surface area (Å²) in [6.45, 7) is 0.857. The first-order valence-electron chi connectivity index (χ1n) is 10.3. The molecular weight excluding hydrogens is 447 g/mol. The van der Waals surface area contributed by atoms with Gasteiger partial charge in [-0.05, 0) is 47.9 Å². The van der Waals surface area contributed by atoms with E-state index in [-0.39, 0.29) is 5.91 Å². The van der Waals surface area contributed by atoms with Crippen molar-refractivity contribution in [3.63, 3.8) is 0 Å². The maximum Gasteiger partial charge on any atom is 0.251 e. The molecule has 0 aliphatic carbocycles. The Kier molecular flexibility index (Phi) is 8.94. The van der Waals surface area contributed by atoms with Gasteiger partial charge in [0.1, 0.15) is 5.75 Å². The van der Waals surface area contributed by atoms with Crippen molar-refractivity contribution in [3.05, 3.63) is 99.5 Å². The largest absolute Gasteiger partial charge is 0.497 e. The first-order valence-corrected chi connectivity index (χ1v) is 11.0. The Bertz CT molecular complexity index is 1010. The van der Waals surface area contributed by atoms with Gasteiger partial charge in [-0.3, -0.25) is 4.79 Å². The van der Waals surface area contributed by atoms with Crippen LogP contribution in [0, 0.1) is 0 Å². The van der Waals surface area contributed by atoms with Crippen molar-refractivity contribution in [2.75, 3.05) is 13.7 Å². The molecule has 0 heterocycles. The fourth-order valence-corrected chi connectivity index (χ4v) is 3.90. The van der Waals surface area contributed by atoms with E-state index in [4.69, 9.17) is 27.9 Å². The van der Waals surface area contributed by atoms with Gasteiger partial charge in [-0.25, -0.2) is 0 Å². The number of carbonyl (C=O) groups excluding carboxylic acids is 1. The molecule has 0 aliphatic heterocycles. The van der Waals surface area contributed by atoms with Crippen molar-refractivity contribution >= 4 is 29.1 Å². The minimum absolute atomic E-state index is 0.297. The number of carbonyl (C=O) groups is 1. The monoisotopic (exact) mass is 472 g/mol. The van der Waals surface area contributed by atoms with Gasteiger partial charge in [-0.1, -0.05) is 65.7 Å². The Morgan fingerprint density at radius 1 is 0.969 bits per heavy atom. The highest BCUT2D eigenvalue weighted by Crippen LogP contribution is 2.19. The quantitative estimate of drug-likeness (QED) is 0.406. The van der Waals surface area contributed by atoms with Crippen LogP contribution in [0.25, 0.3) is 0 Å². The zero-order valence-corrected chi connectivity index (χ0v) is 19.2. The molecule has 5 nitrogen and oxygen atoms in total. The zero-order valence-electron chi connectivity index (χ0n) is 17.7. The van der Waals surface area contributed by atoms with E-state index in [1.165, 1.54) is 0 Å². The van der Waals surface area contributed by atoms with Crippen LogP contribution in [0.2, 0.25) is 10.0 Å².